The summed E-state index contributed by atoms with van der Waals surface area (Å²) in [5.74, 6) is 0.0538. The zero-order valence-electron chi connectivity index (χ0n) is 19.9. The molecule has 12 nitrogen and oxygen atoms in total. The molecule has 0 atom stereocenters. The van der Waals surface area contributed by atoms with Crippen LogP contribution in [0.2, 0.25) is 0 Å². The molecule has 0 bridgehead atoms. The summed E-state index contributed by atoms with van der Waals surface area (Å²) in [6.45, 7) is 0. The van der Waals surface area contributed by atoms with Gasteiger partial charge in [0.1, 0.15) is 17.3 Å². The number of hydrogen-bond donors (Lipinski definition) is 0. The van der Waals surface area contributed by atoms with Crippen molar-refractivity contribution < 1.29 is 28.9 Å². The van der Waals surface area contributed by atoms with Gasteiger partial charge in [0, 0.05) is 11.6 Å². The van der Waals surface area contributed by atoms with E-state index in [0.29, 0.717) is 5.56 Å². The van der Waals surface area contributed by atoms with E-state index < -0.39 is 15.8 Å². The summed E-state index contributed by atoms with van der Waals surface area (Å²) < 4.78 is 15.8. The van der Waals surface area contributed by atoms with Crippen molar-refractivity contribution in [2.24, 2.45) is 4.99 Å². The van der Waals surface area contributed by atoms with E-state index >= 15 is 0 Å². The fourth-order valence-corrected chi connectivity index (χ4v) is 3.79. The van der Waals surface area contributed by atoms with Gasteiger partial charge in [0.05, 0.1) is 54.6 Å². The molecule has 188 valence electrons. The van der Waals surface area contributed by atoms with Crippen molar-refractivity contribution in [3.05, 3.63) is 97.7 Å². The van der Waals surface area contributed by atoms with E-state index in [-0.39, 0.29) is 51.4 Å². The third kappa shape index (κ3) is 4.67. The van der Waals surface area contributed by atoms with Gasteiger partial charge in [-0.05, 0) is 18.2 Å². The first kappa shape index (κ1) is 24.9. The maximum Gasteiger partial charge on any atom is 0.282 e. The molecule has 37 heavy (non-hydrogen) atoms. The van der Waals surface area contributed by atoms with Crippen LogP contribution in [0.4, 0.5) is 17.1 Å². The van der Waals surface area contributed by atoms with E-state index in [1.54, 1.807) is 30.3 Å². The van der Waals surface area contributed by atoms with Crippen molar-refractivity contribution in [3.8, 4) is 17.2 Å². The number of ether oxygens (including phenoxy) is 3. The first-order valence-electron chi connectivity index (χ1n) is 10.7. The van der Waals surface area contributed by atoms with Gasteiger partial charge in [-0.25, -0.2) is 4.99 Å². The average molecular weight is 504 g/mol. The molecule has 3 aromatic rings. The maximum atomic E-state index is 13.7. The van der Waals surface area contributed by atoms with Crippen LogP contribution in [0.1, 0.15) is 11.1 Å². The Bertz CT molecular complexity index is 1470. The summed E-state index contributed by atoms with van der Waals surface area (Å²) in [7, 11) is 4.06. The van der Waals surface area contributed by atoms with Crippen LogP contribution < -0.4 is 19.1 Å². The molecule has 1 amide bonds. The van der Waals surface area contributed by atoms with Crippen LogP contribution in [0.25, 0.3) is 6.08 Å². The third-order valence-electron chi connectivity index (χ3n) is 5.53. The number of amidine groups is 1. The van der Waals surface area contributed by atoms with E-state index in [1.807, 2.05) is 0 Å². The van der Waals surface area contributed by atoms with Gasteiger partial charge in [-0.3, -0.25) is 29.9 Å². The molecular formula is C25H20N4O8. The monoisotopic (exact) mass is 504 g/mol. The summed E-state index contributed by atoms with van der Waals surface area (Å²) in [5, 5.41) is 23.0. The number of aliphatic imine (C=N–C) groups is 1. The van der Waals surface area contributed by atoms with Crippen LogP contribution >= 0.6 is 0 Å². The van der Waals surface area contributed by atoms with E-state index in [0.717, 1.165) is 0 Å². The number of benzene rings is 3. The van der Waals surface area contributed by atoms with Crippen LogP contribution in [0.5, 0.6) is 17.2 Å². The number of methoxy groups -OCH3 is 3. The Morgan fingerprint density at radius 1 is 0.838 bits per heavy atom. The van der Waals surface area contributed by atoms with Crippen molar-refractivity contribution in [1.82, 2.24) is 0 Å². The lowest BCUT2D eigenvalue weighted by Gasteiger charge is -2.20. The molecular weight excluding hydrogens is 484 g/mol. The minimum absolute atomic E-state index is 0.0691. The highest BCUT2D eigenvalue weighted by molar-refractivity contribution is 6.33. The molecule has 3 aromatic carbocycles. The maximum absolute atomic E-state index is 13.7. The van der Waals surface area contributed by atoms with Gasteiger partial charge in [0.25, 0.3) is 17.3 Å². The van der Waals surface area contributed by atoms with Gasteiger partial charge >= 0.3 is 0 Å². The number of carbonyl (C=O) groups is 1. The summed E-state index contributed by atoms with van der Waals surface area (Å²) in [4.78, 5) is 41.2. The van der Waals surface area contributed by atoms with Crippen molar-refractivity contribution in [2.75, 3.05) is 26.2 Å². The lowest BCUT2D eigenvalue weighted by Crippen LogP contribution is -2.33. The zero-order valence-corrected chi connectivity index (χ0v) is 19.9. The smallest absolute Gasteiger partial charge is 0.282 e. The summed E-state index contributed by atoms with van der Waals surface area (Å²) in [6.07, 6.45) is 1.28. The van der Waals surface area contributed by atoms with E-state index in [9.17, 15) is 25.0 Å². The third-order valence-corrected chi connectivity index (χ3v) is 5.53. The normalized spacial score (nSPS) is 13.9. The Hall–Kier alpha value is -5.26. The molecule has 4 rings (SSSR count). The number of anilines is 1. The van der Waals surface area contributed by atoms with Crippen LogP contribution in [-0.2, 0) is 4.79 Å². The molecule has 1 aliphatic rings. The molecule has 0 fully saturated rings. The summed E-state index contributed by atoms with van der Waals surface area (Å²) in [6, 6.07) is 15.2. The highest BCUT2D eigenvalue weighted by atomic mass is 16.6. The highest BCUT2D eigenvalue weighted by Gasteiger charge is 2.35. The first-order valence-corrected chi connectivity index (χ1v) is 10.7. The number of rotatable bonds is 8. The lowest BCUT2D eigenvalue weighted by molar-refractivity contribution is -0.385. The van der Waals surface area contributed by atoms with Crippen LogP contribution in [-0.4, -0.2) is 42.9 Å². The molecule has 0 radical (unpaired) electrons. The van der Waals surface area contributed by atoms with Gasteiger partial charge in [0.15, 0.2) is 11.5 Å². The van der Waals surface area contributed by atoms with E-state index in [4.69, 9.17) is 14.2 Å². The molecule has 0 saturated heterocycles. The number of carbonyl (C=O) groups excluding carboxylic acids is 1. The lowest BCUT2D eigenvalue weighted by atomic mass is 10.1. The number of non-ortho nitro benzene ring substituents is 1. The second-order valence-corrected chi connectivity index (χ2v) is 7.61. The van der Waals surface area contributed by atoms with Crippen molar-refractivity contribution in [3.63, 3.8) is 0 Å². The predicted octanol–water partition coefficient (Wildman–Crippen LogP) is 4.36. The topological polar surface area (TPSA) is 147 Å². The van der Waals surface area contributed by atoms with Crippen molar-refractivity contribution in [2.45, 2.75) is 0 Å². The number of nitro groups is 2. The quantitative estimate of drug-likeness (QED) is 0.250. The Labute approximate surface area is 210 Å². The Kier molecular flexibility index (Phi) is 6.82. The fourth-order valence-electron chi connectivity index (χ4n) is 3.79. The van der Waals surface area contributed by atoms with E-state index in [1.165, 1.54) is 62.6 Å². The Morgan fingerprint density at radius 3 is 2.08 bits per heavy atom. The second kappa shape index (κ2) is 10.2. The van der Waals surface area contributed by atoms with Crippen molar-refractivity contribution >= 4 is 34.9 Å². The second-order valence-electron chi connectivity index (χ2n) is 7.61. The van der Waals surface area contributed by atoms with Gasteiger partial charge in [-0.2, -0.15) is 0 Å². The molecule has 0 unspecified atom stereocenters. The zero-order chi connectivity index (χ0) is 26.7. The largest absolute Gasteiger partial charge is 0.494 e. The molecule has 1 aliphatic heterocycles. The van der Waals surface area contributed by atoms with Crippen LogP contribution in [0.15, 0.2) is 71.4 Å². The number of nitro benzene ring substituents is 2. The molecule has 0 aromatic heterocycles. The van der Waals surface area contributed by atoms with E-state index in [2.05, 4.69) is 4.99 Å². The number of hydrogen-bond acceptors (Lipinski definition) is 9. The standard InChI is InChI=1S/C25H20N4O8/c1-35-21-13-17(28(31)32)9-10-19(21)27-24(15-7-5-4-6-8-15)26-18(25(27)30)11-16-12-22(36-2)23(37-3)14-20(16)29(33)34/h4-14H,1-3H3/b18-11-. The summed E-state index contributed by atoms with van der Waals surface area (Å²) >= 11 is 0. The Morgan fingerprint density at radius 2 is 1.49 bits per heavy atom. The number of nitrogens with zero attached hydrogens (tertiary/aromatic N) is 4. The van der Waals surface area contributed by atoms with Gasteiger partial charge in [-0.1, -0.05) is 30.3 Å². The average Bonchev–Trinajstić information content (AvgIpc) is 3.23. The fraction of sp³-hybridized carbons (Fsp3) is 0.120. The summed E-state index contributed by atoms with van der Waals surface area (Å²) in [5.41, 5.74) is 0.213. The molecule has 0 aliphatic carbocycles. The molecule has 0 N–H and O–H groups in total. The predicted molar refractivity (Wildman–Crippen MR) is 134 cm³/mol. The highest BCUT2D eigenvalue weighted by Crippen LogP contribution is 2.39. The van der Waals surface area contributed by atoms with Crippen molar-refractivity contribution in [1.29, 1.82) is 0 Å². The van der Waals surface area contributed by atoms with Gasteiger partial charge < -0.3 is 14.2 Å². The van der Waals surface area contributed by atoms with Gasteiger partial charge in [0.2, 0.25) is 0 Å². The number of amides is 1. The molecule has 0 spiro atoms. The van der Waals surface area contributed by atoms with Crippen LogP contribution in [0, 0.1) is 20.2 Å². The van der Waals surface area contributed by atoms with Gasteiger partial charge in [-0.15, -0.1) is 0 Å². The molecule has 12 heteroatoms. The SMILES string of the molecule is COc1cc(/C=C2\N=C(c3ccccc3)N(c3ccc([N+](=O)[O-])cc3OC)C2=O)c([N+](=O)[O-])cc1OC. The first-order chi connectivity index (χ1) is 17.8. The molecule has 1 heterocycles. The Balaban J connectivity index is 1.91. The minimum atomic E-state index is -0.616. The molecule has 0 saturated carbocycles. The van der Waals surface area contributed by atoms with Crippen LogP contribution in [0.3, 0.4) is 0 Å². The minimum Gasteiger partial charge on any atom is -0.494 e.